The Bertz CT molecular complexity index is 584. The van der Waals surface area contributed by atoms with Gasteiger partial charge in [-0.2, -0.15) is 5.26 Å². The molecule has 1 atom stereocenters. The molecule has 0 radical (unpaired) electrons. The van der Waals surface area contributed by atoms with E-state index >= 15 is 0 Å². The van der Waals surface area contributed by atoms with Crippen LogP contribution in [-0.2, 0) is 0 Å². The van der Waals surface area contributed by atoms with Crippen molar-refractivity contribution in [1.29, 1.82) is 5.26 Å². The Hall–Kier alpha value is -1.92. The van der Waals surface area contributed by atoms with Gasteiger partial charge in [-0.05, 0) is 43.0 Å². The summed E-state index contributed by atoms with van der Waals surface area (Å²) in [7, 11) is 0. The highest BCUT2D eigenvalue weighted by atomic mass is 32.2. The molecular formula is C16H16N2S. The third-order valence-corrected chi connectivity index (χ3v) is 3.78. The van der Waals surface area contributed by atoms with E-state index in [1.807, 2.05) is 24.3 Å². The lowest BCUT2D eigenvalue weighted by Crippen LogP contribution is -2.07. The molecule has 0 heterocycles. The van der Waals surface area contributed by atoms with Crippen molar-refractivity contribution in [3.05, 3.63) is 59.7 Å². The predicted octanol–water partition coefficient (Wildman–Crippen LogP) is 4.45. The van der Waals surface area contributed by atoms with Crippen LogP contribution in [0.3, 0.4) is 0 Å². The van der Waals surface area contributed by atoms with Gasteiger partial charge in [0.1, 0.15) is 6.07 Å². The standard InChI is InChI=1S/C16H16N2S/c1-12(13-7-9-15(19-2)10-8-13)18-16-6-4-3-5-14(16)11-17/h3-10,12,18H,1-2H3. The fourth-order valence-electron chi connectivity index (χ4n) is 1.92. The van der Waals surface area contributed by atoms with Crippen molar-refractivity contribution >= 4 is 17.4 Å². The van der Waals surface area contributed by atoms with Crippen LogP contribution in [0.1, 0.15) is 24.1 Å². The second-order valence-electron chi connectivity index (χ2n) is 4.30. The molecular weight excluding hydrogens is 252 g/mol. The minimum atomic E-state index is 0.172. The highest BCUT2D eigenvalue weighted by Crippen LogP contribution is 2.23. The van der Waals surface area contributed by atoms with Crippen LogP contribution in [0.25, 0.3) is 0 Å². The first kappa shape index (κ1) is 13.5. The fourth-order valence-corrected chi connectivity index (χ4v) is 2.32. The quantitative estimate of drug-likeness (QED) is 0.832. The number of nitriles is 1. The summed E-state index contributed by atoms with van der Waals surface area (Å²) in [6.45, 7) is 2.10. The number of thioether (sulfide) groups is 1. The molecule has 2 aromatic carbocycles. The van der Waals surface area contributed by atoms with Crippen LogP contribution in [0, 0.1) is 11.3 Å². The zero-order valence-corrected chi connectivity index (χ0v) is 11.9. The number of anilines is 1. The van der Waals surface area contributed by atoms with Gasteiger partial charge in [0.25, 0.3) is 0 Å². The Balaban J connectivity index is 2.16. The maximum Gasteiger partial charge on any atom is 0.101 e. The Labute approximate surface area is 118 Å². The van der Waals surface area contributed by atoms with Gasteiger partial charge in [-0.25, -0.2) is 0 Å². The predicted molar refractivity (Wildman–Crippen MR) is 81.4 cm³/mol. The summed E-state index contributed by atoms with van der Waals surface area (Å²) in [6.07, 6.45) is 2.07. The van der Waals surface area contributed by atoms with Crippen molar-refractivity contribution < 1.29 is 0 Å². The van der Waals surface area contributed by atoms with Gasteiger partial charge in [0.2, 0.25) is 0 Å². The average molecular weight is 268 g/mol. The molecule has 96 valence electrons. The lowest BCUT2D eigenvalue weighted by atomic mass is 10.1. The largest absolute Gasteiger partial charge is 0.377 e. The summed E-state index contributed by atoms with van der Waals surface area (Å²) in [4.78, 5) is 1.26. The Morgan fingerprint density at radius 1 is 1.11 bits per heavy atom. The second-order valence-corrected chi connectivity index (χ2v) is 5.18. The number of nitrogens with zero attached hydrogens (tertiary/aromatic N) is 1. The Morgan fingerprint density at radius 3 is 2.42 bits per heavy atom. The number of benzene rings is 2. The van der Waals surface area contributed by atoms with Crippen LogP contribution in [0.5, 0.6) is 0 Å². The first-order valence-corrected chi connectivity index (χ1v) is 7.36. The molecule has 0 fully saturated rings. The summed E-state index contributed by atoms with van der Waals surface area (Å²) < 4.78 is 0. The molecule has 0 aliphatic carbocycles. The van der Waals surface area contributed by atoms with E-state index in [0.29, 0.717) is 5.56 Å². The molecule has 1 unspecified atom stereocenters. The van der Waals surface area contributed by atoms with Crippen LogP contribution < -0.4 is 5.32 Å². The molecule has 0 saturated heterocycles. The molecule has 2 aromatic rings. The van der Waals surface area contributed by atoms with E-state index in [1.54, 1.807) is 11.8 Å². The van der Waals surface area contributed by atoms with E-state index < -0.39 is 0 Å². The molecule has 3 heteroatoms. The summed E-state index contributed by atoms with van der Waals surface area (Å²) in [6, 6.07) is 18.4. The molecule has 0 aliphatic rings. The van der Waals surface area contributed by atoms with Crippen LogP contribution in [0.15, 0.2) is 53.4 Å². The van der Waals surface area contributed by atoms with Gasteiger partial charge < -0.3 is 5.32 Å². The SMILES string of the molecule is CSc1ccc(C(C)Nc2ccccc2C#N)cc1. The number of hydrogen-bond donors (Lipinski definition) is 1. The molecule has 0 aromatic heterocycles. The zero-order valence-electron chi connectivity index (χ0n) is 11.1. The maximum absolute atomic E-state index is 9.08. The third-order valence-electron chi connectivity index (χ3n) is 3.04. The van der Waals surface area contributed by atoms with Gasteiger partial charge in [-0.3, -0.25) is 0 Å². The lowest BCUT2D eigenvalue weighted by molar-refractivity contribution is 0.882. The number of para-hydroxylation sites is 1. The topological polar surface area (TPSA) is 35.8 Å². The smallest absolute Gasteiger partial charge is 0.101 e. The normalized spacial score (nSPS) is 11.6. The lowest BCUT2D eigenvalue weighted by Gasteiger charge is -2.16. The number of rotatable bonds is 4. The summed E-state index contributed by atoms with van der Waals surface area (Å²) in [5.74, 6) is 0. The zero-order chi connectivity index (χ0) is 13.7. The molecule has 0 amide bonds. The van der Waals surface area contributed by atoms with Gasteiger partial charge in [0.15, 0.2) is 0 Å². The molecule has 0 aliphatic heterocycles. The van der Waals surface area contributed by atoms with Crippen LogP contribution in [0.4, 0.5) is 5.69 Å². The van der Waals surface area contributed by atoms with Crippen LogP contribution >= 0.6 is 11.8 Å². The molecule has 2 nitrogen and oxygen atoms in total. The van der Waals surface area contributed by atoms with Crippen molar-refractivity contribution in [2.75, 3.05) is 11.6 Å². The molecule has 0 spiro atoms. The fraction of sp³-hybridized carbons (Fsp3) is 0.188. The van der Waals surface area contributed by atoms with Crippen molar-refractivity contribution in [3.63, 3.8) is 0 Å². The molecule has 0 bridgehead atoms. The van der Waals surface area contributed by atoms with Crippen molar-refractivity contribution in [2.45, 2.75) is 17.9 Å². The molecule has 19 heavy (non-hydrogen) atoms. The average Bonchev–Trinajstić information content (AvgIpc) is 2.48. The van der Waals surface area contributed by atoms with Gasteiger partial charge in [-0.1, -0.05) is 24.3 Å². The van der Waals surface area contributed by atoms with Crippen LogP contribution in [0.2, 0.25) is 0 Å². The van der Waals surface area contributed by atoms with Gasteiger partial charge >= 0.3 is 0 Å². The van der Waals surface area contributed by atoms with Crippen molar-refractivity contribution in [3.8, 4) is 6.07 Å². The Kier molecular flexibility index (Phi) is 4.48. The van der Waals surface area contributed by atoms with E-state index in [0.717, 1.165) is 5.69 Å². The highest BCUT2D eigenvalue weighted by molar-refractivity contribution is 7.98. The Morgan fingerprint density at radius 2 is 1.79 bits per heavy atom. The summed E-state index contributed by atoms with van der Waals surface area (Å²) >= 11 is 1.74. The maximum atomic E-state index is 9.08. The second kappa shape index (κ2) is 6.31. The molecule has 2 rings (SSSR count). The summed E-state index contributed by atoms with van der Waals surface area (Å²) in [5.41, 5.74) is 2.77. The molecule has 0 saturated carbocycles. The number of hydrogen-bond acceptors (Lipinski definition) is 3. The minimum Gasteiger partial charge on any atom is -0.377 e. The number of nitrogens with one attached hydrogen (secondary N) is 1. The van der Waals surface area contributed by atoms with Crippen LogP contribution in [-0.4, -0.2) is 6.26 Å². The van der Waals surface area contributed by atoms with Gasteiger partial charge in [-0.15, -0.1) is 11.8 Å². The minimum absolute atomic E-state index is 0.172. The first-order chi connectivity index (χ1) is 9.24. The summed E-state index contributed by atoms with van der Waals surface area (Å²) in [5, 5.41) is 12.5. The van der Waals surface area contributed by atoms with Crippen molar-refractivity contribution in [2.24, 2.45) is 0 Å². The van der Waals surface area contributed by atoms with E-state index in [9.17, 15) is 0 Å². The van der Waals surface area contributed by atoms with Gasteiger partial charge in [0, 0.05) is 10.9 Å². The third kappa shape index (κ3) is 3.30. The highest BCUT2D eigenvalue weighted by Gasteiger charge is 2.07. The van der Waals surface area contributed by atoms with E-state index in [1.165, 1.54) is 10.5 Å². The molecule has 1 N–H and O–H groups in total. The van der Waals surface area contributed by atoms with Gasteiger partial charge in [0.05, 0.1) is 11.3 Å². The monoisotopic (exact) mass is 268 g/mol. The van der Waals surface area contributed by atoms with E-state index in [-0.39, 0.29) is 6.04 Å². The van der Waals surface area contributed by atoms with Crippen molar-refractivity contribution in [1.82, 2.24) is 0 Å². The van der Waals surface area contributed by atoms with E-state index in [4.69, 9.17) is 5.26 Å². The van der Waals surface area contributed by atoms with E-state index in [2.05, 4.69) is 48.8 Å². The first-order valence-electron chi connectivity index (χ1n) is 6.14.